The van der Waals surface area contributed by atoms with Crippen LogP contribution in [0.25, 0.3) is 5.76 Å². The highest BCUT2D eigenvalue weighted by molar-refractivity contribution is 6.51. The van der Waals surface area contributed by atoms with Crippen LogP contribution in [0.1, 0.15) is 17.2 Å². The number of ether oxygens (including phenoxy) is 2. The summed E-state index contributed by atoms with van der Waals surface area (Å²) in [5.74, 6) is -2.54. The fraction of sp³-hybridized carbons (Fsp3) is 0.120. The van der Waals surface area contributed by atoms with Gasteiger partial charge in [0.2, 0.25) is 0 Å². The zero-order valence-electron chi connectivity index (χ0n) is 18.0. The van der Waals surface area contributed by atoms with Crippen LogP contribution in [0.15, 0.2) is 78.4 Å². The second-order valence-corrected chi connectivity index (χ2v) is 7.93. The molecule has 1 saturated heterocycles. The molecule has 0 radical (unpaired) electrons. The standard InChI is InChI=1S/C25H17ClF3NO5/c1-34-18-11-7-14(8-12-18)21-20(22(31)15-5-9-16(26)10-6-15)23(32)24(33)30(21)17-3-2-4-19(13-17)35-25(27,28)29/h2-13,21,31H,1H3/b22-20+. The molecule has 4 rings (SSSR count). The number of carbonyl (C=O) groups excluding carboxylic acids is 2. The number of hydrogen-bond donors (Lipinski definition) is 1. The molecule has 1 aliphatic heterocycles. The second kappa shape index (κ2) is 9.34. The third-order valence-electron chi connectivity index (χ3n) is 5.32. The van der Waals surface area contributed by atoms with E-state index in [2.05, 4.69) is 4.74 Å². The van der Waals surface area contributed by atoms with E-state index in [0.29, 0.717) is 16.3 Å². The molecule has 0 bridgehead atoms. The summed E-state index contributed by atoms with van der Waals surface area (Å²) in [6, 6.07) is 15.9. The number of hydrogen-bond acceptors (Lipinski definition) is 5. The fourth-order valence-corrected chi connectivity index (χ4v) is 3.92. The highest BCUT2D eigenvalue weighted by Gasteiger charge is 2.47. The summed E-state index contributed by atoms with van der Waals surface area (Å²) in [6.07, 6.45) is -4.95. The summed E-state index contributed by atoms with van der Waals surface area (Å²) in [6.45, 7) is 0. The predicted octanol–water partition coefficient (Wildman–Crippen LogP) is 5.87. The van der Waals surface area contributed by atoms with Gasteiger partial charge in [-0.15, -0.1) is 13.2 Å². The zero-order valence-corrected chi connectivity index (χ0v) is 18.8. The minimum Gasteiger partial charge on any atom is -0.507 e. The summed E-state index contributed by atoms with van der Waals surface area (Å²) in [4.78, 5) is 27.3. The number of aliphatic hydroxyl groups excluding tert-OH is 1. The Bertz CT molecular complexity index is 1300. The van der Waals surface area contributed by atoms with Crippen LogP contribution in [0.2, 0.25) is 5.02 Å². The molecular weight excluding hydrogens is 487 g/mol. The summed E-state index contributed by atoms with van der Waals surface area (Å²) in [5, 5.41) is 11.4. The smallest absolute Gasteiger partial charge is 0.507 e. The SMILES string of the molecule is COc1ccc(C2/C(=C(\O)c3ccc(Cl)cc3)C(=O)C(=O)N2c2cccc(OC(F)(F)F)c2)cc1. The number of Topliss-reactive ketones (excluding diaryl/α,β-unsaturated/α-hetero) is 1. The van der Waals surface area contributed by atoms with Crippen molar-refractivity contribution < 1.29 is 37.3 Å². The average molecular weight is 504 g/mol. The lowest BCUT2D eigenvalue weighted by molar-refractivity contribution is -0.274. The molecule has 0 aromatic heterocycles. The molecule has 1 aliphatic rings. The van der Waals surface area contributed by atoms with Gasteiger partial charge in [0.1, 0.15) is 17.3 Å². The maximum Gasteiger partial charge on any atom is 0.573 e. The maximum absolute atomic E-state index is 13.1. The van der Waals surface area contributed by atoms with Crippen molar-refractivity contribution in [2.24, 2.45) is 0 Å². The molecule has 0 aliphatic carbocycles. The molecule has 35 heavy (non-hydrogen) atoms. The zero-order chi connectivity index (χ0) is 25.3. The van der Waals surface area contributed by atoms with Crippen molar-refractivity contribution in [2.75, 3.05) is 12.0 Å². The van der Waals surface area contributed by atoms with Crippen LogP contribution >= 0.6 is 11.6 Å². The lowest BCUT2D eigenvalue weighted by atomic mass is 9.95. The first-order chi connectivity index (χ1) is 16.6. The summed E-state index contributed by atoms with van der Waals surface area (Å²) >= 11 is 5.91. The van der Waals surface area contributed by atoms with Crippen molar-refractivity contribution in [3.63, 3.8) is 0 Å². The largest absolute Gasteiger partial charge is 0.573 e. The number of anilines is 1. The van der Waals surface area contributed by atoms with Gasteiger partial charge in [-0.3, -0.25) is 14.5 Å². The van der Waals surface area contributed by atoms with E-state index in [0.717, 1.165) is 17.0 Å². The number of benzene rings is 3. The monoisotopic (exact) mass is 503 g/mol. The highest BCUT2D eigenvalue weighted by atomic mass is 35.5. The molecule has 3 aromatic rings. The van der Waals surface area contributed by atoms with Gasteiger partial charge in [0, 0.05) is 22.3 Å². The van der Waals surface area contributed by atoms with Crippen molar-refractivity contribution in [1.29, 1.82) is 0 Å². The van der Waals surface area contributed by atoms with Gasteiger partial charge >= 0.3 is 6.36 Å². The molecule has 1 atom stereocenters. The lowest BCUT2D eigenvalue weighted by Crippen LogP contribution is -2.29. The topological polar surface area (TPSA) is 76.1 Å². The number of rotatable bonds is 5. The van der Waals surface area contributed by atoms with E-state index in [1.807, 2.05) is 0 Å². The normalized spacial score (nSPS) is 17.5. The predicted molar refractivity (Wildman–Crippen MR) is 122 cm³/mol. The fourth-order valence-electron chi connectivity index (χ4n) is 3.79. The van der Waals surface area contributed by atoms with Crippen molar-refractivity contribution in [2.45, 2.75) is 12.4 Å². The Morgan fingerprint density at radius 1 is 0.971 bits per heavy atom. The number of carbonyl (C=O) groups is 2. The number of alkyl halides is 3. The molecule has 1 heterocycles. The van der Waals surface area contributed by atoms with Crippen LogP contribution in [0.4, 0.5) is 18.9 Å². The van der Waals surface area contributed by atoms with E-state index in [1.54, 1.807) is 24.3 Å². The van der Waals surface area contributed by atoms with Gasteiger partial charge in [-0.2, -0.15) is 0 Å². The Hall–Kier alpha value is -3.98. The highest BCUT2D eigenvalue weighted by Crippen LogP contribution is 2.43. The Morgan fingerprint density at radius 2 is 1.63 bits per heavy atom. The summed E-state index contributed by atoms with van der Waals surface area (Å²) in [5.41, 5.74) is 0.400. The third kappa shape index (κ3) is 4.95. The van der Waals surface area contributed by atoms with Crippen LogP contribution in [-0.4, -0.2) is 30.3 Å². The minimum atomic E-state index is -4.95. The van der Waals surface area contributed by atoms with Crippen molar-refractivity contribution in [3.8, 4) is 11.5 Å². The number of halogens is 4. The number of methoxy groups -OCH3 is 1. The van der Waals surface area contributed by atoms with E-state index in [1.165, 1.54) is 43.5 Å². The van der Waals surface area contributed by atoms with Gasteiger partial charge < -0.3 is 14.6 Å². The van der Waals surface area contributed by atoms with E-state index >= 15 is 0 Å². The van der Waals surface area contributed by atoms with Gasteiger partial charge in [0.05, 0.1) is 18.7 Å². The van der Waals surface area contributed by atoms with E-state index in [-0.39, 0.29) is 16.8 Å². The van der Waals surface area contributed by atoms with E-state index < -0.39 is 35.6 Å². The van der Waals surface area contributed by atoms with Crippen LogP contribution in [0.5, 0.6) is 11.5 Å². The number of nitrogens with zero attached hydrogens (tertiary/aromatic N) is 1. The summed E-state index contributed by atoms with van der Waals surface area (Å²) in [7, 11) is 1.47. The molecule has 3 aromatic carbocycles. The lowest BCUT2D eigenvalue weighted by Gasteiger charge is -2.26. The first kappa shape index (κ1) is 24.2. The van der Waals surface area contributed by atoms with Crippen LogP contribution in [-0.2, 0) is 9.59 Å². The van der Waals surface area contributed by atoms with Crippen LogP contribution < -0.4 is 14.4 Å². The molecular formula is C25H17ClF3NO5. The molecule has 1 unspecified atom stereocenters. The van der Waals surface area contributed by atoms with Crippen LogP contribution in [0, 0.1) is 0 Å². The second-order valence-electron chi connectivity index (χ2n) is 7.49. The van der Waals surface area contributed by atoms with Gasteiger partial charge in [0.25, 0.3) is 11.7 Å². The first-order valence-corrected chi connectivity index (χ1v) is 10.5. The first-order valence-electron chi connectivity index (χ1n) is 10.2. The number of aliphatic hydroxyl groups is 1. The molecule has 180 valence electrons. The molecule has 0 saturated carbocycles. The molecule has 6 nitrogen and oxygen atoms in total. The third-order valence-corrected chi connectivity index (χ3v) is 5.57. The van der Waals surface area contributed by atoms with Gasteiger partial charge in [-0.05, 0) is 54.1 Å². The Labute approximate surface area is 202 Å². The van der Waals surface area contributed by atoms with Crippen molar-refractivity contribution in [3.05, 3.63) is 94.5 Å². The quantitative estimate of drug-likeness (QED) is 0.267. The minimum absolute atomic E-state index is 0.0233. The Morgan fingerprint density at radius 3 is 2.23 bits per heavy atom. The van der Waals surface area contributed by atoms with Gasteiger partial charge in [-0.1, -0.05) is 29.8 Å². The molecule has 10 heteroatoms. The average Bonchev–Trinajstić information content (AvgIpc) is 3.08. The Balaban J connectivity index is 1.89. The number of amides is 1. The van der Waals surface area contributed by atoms with Gasteiger partial charge in [0.15, 0.2) is 0 Å². The molecule has 1 fully saturated rings. The van der Waals surface area contributed by atoms with Crippen LogP contribution in [0.3, 0.4) is 0 Å². The maximum atomic E-state index is 13.1. The van der Waals surface area contributed by atoms with E-state index in [9.17, 15) is 27.9 Å². The molecule has 1 amide bonds. The van der Waals surface area contributed by atoms with Gasteiger partial charge in [-0.25, -0.2) is 0 Å². The molecule has 0 spiro atoms. The van der Waals surface area contributed by atoms with Crippen molar-refractivity contribution in [1.82, 2.24) is 0 Å². The summed E-state index contributed by atoms with van der Waals surface area (Å²) < 4.78 is 47.4. The van der Waals surface area contributed by atoms with E-state index in [4.69, 9.17) is 16.3 Å². The van der Waals surface area contributed by atoms with Crippen molar-refractivity contribution >= 4 is 34.7 Å². The molecule has 1 N–H and O–H groups in total. The number of ketones is 1. The Kier molecular flexibility index (Phi) is 6.45.